The van der Waals surface area contributed by atoms with Crippen molar-refractivity contribution in [3.05, 3.63) is 75.8 Å². The lowest BCUT2D eigenvalue weighted by molar-refractivity contribution is -0.115. The van der Waals surface area contributed by atoms with Crippen LogP contribution in [0.4, 0.5) is 5.13 Å². The van der Waals surface area contributed by atoms with Crippen LogP contribution in [0.3, 0.4) is 0 Å². The lowest BCUT2D eigenvalue weighted by Gasteiger charge is -2.05. The van der Waals surface area contributed by atoms with Crippen LogP contribution < -0.4 is 10.6 Å². The number of nitrogens with one attached hydrogen (secondary N) is 2. The number of halogens is 1. The summed E-state index contributed by atoms with van der Waals surface area (Å²) in [6, 6.07) is 15.6. The van der Waals surface area contributed by atoms with Gasteiger partial charge in [-0.2, -0.15) is 0 Å². The van der Waals surface area contributed by atoms with Gasteiger partial charge < -0.3 is 10.6 Å². The molecule has 0 radical (unpaired) electrons. The maximum Gasteiger partial charge on any atom is 0.252 e. The lowest BCUT2D eigenvalue weighted by Crippen LogP contribution is -2.25. The Labute approximate surface area is 194 Å². The Hall–Kier alpha value is -2.82. The number of hydrogen-bond donors (Lipinski definition) is 2. The maximum absolute atomic E-state index is 12.2. The molecule has 1 heterocycles. The third-order valence-electron chi connectivity index (χ3n) is 4.33. The van der Waals surface area contributed by atoms with Crippen LogP contribution in [0.5, 0.6) is 0 Å². The van der Waals surface area contributed by atoms with Gasteiger partial charge in [-0.15, -0.1) is 10.2 Å². The van der Waals surface area contributed by atoms with Crippen LogP contribution in [0.15, 0.2) is 54.6 Å². The second-order valence-corrected chi connectivity index (χ2v) is 10.5. The zero-order valence-electron chi connectivity index (χ0n) is 17.0. The molecule has 0 bridgehead atoms. The molecule has 0 unspecified atom stereocenters. The summed E-state index contributed by atoms with van der Waals surface area (Å²) in [5, 5.41) is 14.5. The van der Waals surface area contributed by atoms with E-state index in [2.05, 4.69) is 20.8 Å². The van der Waals surface area contributed by atoms with Gasteiger partial charge >= 0.3 is 0 Å². The van der Waals surface area contributed by atoms with Crippen LogP contribution in [0.2, 0.25) is 5.02 Å². The van der Waals surface area contributed by atoms with E-state index < -0.39 is 15.7 Å². The van der Waals surface area contributed by atoms with E-state index in [4.69, 9.17) is 11.6 Å². The summed E-state index contributed by atoms with van der Waals surface area (Å²) in [7, 11) is -3.41. The Bertz CT molecular complexity index is 1180. The number of anilines is 1. The van der Waals surface area contributed by atoms with Gasteiger partial charge in [-0.1, -0.05) is 65.4 Å². The van der Waals surface area contributed by atoms with Crippen LogP contribution >= 0.6 is 22.9 Å². The number of hydrogen-bond acceptors (Lipinski definition) is 7. The van der Waals surface area contributed by atoms with E-state index in [1.807, 2.05) is 6.07 Å². The highest BCUT2D eigenvalue weighted by Crippen LogP contribution is 2.17. The molecule has 168 valence electrons. The highest BCUT2D eigenvalue weighted by Gasteiger charge is 2.16. The molecule has 0 saturated heterocycles. The molecule has 8 nitrogen and oxygen atoms in total. The Balaban J connectivity index is 1.42. The number of amides is 2. The van der Waals surface area contributed by atoms with Crippen LogP contribution in [0.1, 0.15) is 27.3 Å². The molecular weight excluding hydrogens is 472 g/mol. The van der Waals surface area contributed by atoms with Crippen molar-refractivity contribution in [2.45, 2.75) is 18.6 Å². The quantitative estimate of drug-likeness (QED) is 0.449. The molecule has 32 heavy (non-hydrogen) atoms. The minimum Gasteiger partial charge on any atom is -0.352 e. The van der Waals surface area contributed by atoms with Crippen LogP contribution in [-0.4, -0.2) is 42.7 Å². The van der Waals surface area contributed by atoms with Gasteiger partial charge in [0.05, 0.1) is 22.1 Å². The Morgan fingerprint density at radius 1 is 1.00 bits per heavy atom. The largest absolute Gasteiger partial charge is 0.352 e. The van der Waals surface area contributed by atoms with Gasteiger partial charge in [0.2, 0.25) is 11.0 Å². The van der Waals surface area contributed by atoms with Crippen LogP contribution in [0.25, 0.3) is 0 Å². The molecular formula is C21H21ClN4O4S2. The molecule has 0 fully saturated rings. The molecule has 0 saturated carbocycles. The van der Waals surface area contributed by atoms with E-state index >= 15 is 0 Å². The zero-order chi connectivity index (χ0) is 23.0. The number of sulfone groups is 1. The number of carbonyl (C=O) groups is 2. The maximum atomic E-state index is 12.2. The fourth-order valence-corrected chi connectivity index (χ4v) is 5.08. The fraction of sp³-hybridized carbons (Fsp3) is 0.238. The highest BCUT2D eigenvalue weighted by atomic mass is 35.5. The molecule has 2 amide bonds. The molecule has 0 aliphatic rings. The number of benzene rings is 2. The second kappa shape index (κ2) is 11.2. The standard InChI is InChI=1S/C21H21ClN4O4S2/c22-17-9-5-4-8-16(17)20(28)23-12-10-19-25-26-21(31-19)24-18(27)11-13-32(29,30)14-15-6-2-1-3-7-15/h1-9H,10-14H2,(H,23,28)(H,24,26,27). The van der Waals surface area contributed by atoms with Gasteiger partial charge in [0.15, 0.2) is 9.84 Å². The van der Waals surface area contributed by atoms with Crippen LogP contribution in [-0.2, 0) is 26.8 Å². The third kappa shape index (κ3) is 7.40. The molecule has 0 aliphatic carbocycles. The number of nitrogens with zero attached hydrogens (tertiary/aromatic N) is 2. The fourth-order valence-electron chi connectivity index (χ4n) is 2.76. The first kappa shape index (κ1) is 23.8. The van der Waals surface area contributed by atoms with Crippen molar-refractivity contribution in [1.29, 1.82) is 0 Å². The van der Waals surface area contributed by atoms with E-state index in [0.717, 1.165) is 0 Å². The van der Waals surface area contributed by atoms with Gasteiger partial charge in [-0.05, 0) is 17.7 Å². The number of carbonyl (C=O) groups excluding carboxylic acids is 2. The predicted octanol–water partition coefficient (Wildman–Crippen LogP) is 3.11. The number of aromatic nitrogens is 2. The monoisotopic (exact) mass is 492 g/mol. The highest BCUT2D eigenvalue weighted by molar-refractivity contribution is 7.90. The average molecular weight is 493 g/mol. The molecule has 2 aromatic carbocycles. The minimum absolute atomic E-state index is 0.107. The van der Waals surface area contributed by atoms with Gasteiger partial charge in [0, 0.05) is 19.4 Å². The molecule has 3 rings (SSSR count). The van der Waals surface area contributed by atoms with E-state index in [1.54, 1.807) is 48.5 Å². The first-order chi connectivity index (χ1) is 15.3. The van der Waals surface area contributed by atoms with Crippen molar-refractivity contribution in [3.63, 3.8) is 0 Å². The van der Waals surface area contributed by atoms with Crippen molar-refractivity contribution >= 4 is 49.7 Å². The Kier molecular flexibility index (Phi) is 8.32. The summed E-state index contributed by atoms with van der Waals surface area (Å²) in [6.45, 7) is 0.324. The summed E-state index contributed by atoms with van der Waals surface area (Å²) >= 11 is 7.17. The van der Waals surface area contributed by atoms with E-state index in [-0.39, 0.29) is 29.0 Å². The predicted molar refractivity (Wildman–Crippen MR) is 125 cm³/mol. The van der Waals surface area contributed by atoms with Crippen LogP contribution in [0, 0.1) is 0 Å². The summed E-state index contributed by atoms with van der Waals surface area (Å²) < 4.78 is 24.4. The van der Waals surface area contributed by atoms with E-state index in [1.165, 1.54) is 11.3 Å². The minimum atomic E-state index is -3.41. The summed E-state index contributed by atoms with van der Waals surface area (Å²) in [6.07, 6.45) is 0.257. The van der Waals surface area contributed by atoms with Crippen molar-refractivity contribution in [3.8, 4) is 0 Å². The SMILES string of the molecule is O=C(CCS(=O)(=O)Cc1ccccc1)Nc1nnc(CCNC(=O)c2ccccc2Cl)s1. The molecule has 0 aliphatic heterocycles. The lowest BCUT2D eigenvalue weighted by atomic mass is 10.2. The van der Waals surface area contributed by atoms with Crippen molar-refractivity contribution in [2.24, 2.45) is 0 Å². The summed E-state index contributed by atoms with van der Waals surface area (Å²) in [4.78, 5) is 24.2. The zero-order valence-corrected chi connectivity index (χ0v) is 19.3. The first-order valence-corrected chi connectivity index (χ1v) is 12.7. The summed E-state index contributed by atoms with van der Waals surface area (Å²) in [5.41, 5.74) is 1.07. The molecule has 0 atom stereocenters. The van der Waals surface area contributed by atoms with E-state index in [0.29, 0.717) is 34.1 Å². The van der Waals surface area contributed by atoms with Gasteiger partial charge in [-0.3, -0.25) is 9.59 Å². The van der Waals surface area contributed by atoms with Gasteiger partial charge in [0.25, 0.3) is 5.91 Å². The third-order valence-corrected chi connectivity index (χ3v) is 7.15. The Morgan fingerprint density at radius 3 is 2.47 bits per heavy atom. The van der Waals surface area contributed by atoms with Crippen molar-refractivity contribution in [1.82, 2.24) is 15.5 Å². The molecule has 0 spiro atoms. The smallest absolute Gasteiger partial charge is 0.252 e. The first-order valence-electron chi connectivity index (χ1n) is 9.72. The van der Waals surface area contributed by atoms with Gasteiger partial charge in [0.1, 0.15) is 5.01 Å². The Morgan fingerprint density at radius 2 is 1.72 bits per heavy atom. The average Bonchev–Trinajstić information content (AvgIpc) is 3.20. The summed E-state index contributed by atoms with van der Waals surface area (Å²) in [5.74, 6) is -1.10. The molecule has 11 heteroatoms. The normalized spacial score (nSPS) is 11.2. The molecule has 3 aromatic rings. The topological polar surface area (TPSA) is 118 Å². The molecule has 1 aromatic heterocycles. The van der Waals surface area contributed by atoms with E-state index in [9.17, 15) is 18.0 Å². The molecule has 2 N–H and O–H groups in total. The number of rotatable bonds is 10. The second-order valence-electron chi connectivity index (χ2n) is 6.86. The van der Waals surface area contributed by atoms with Gasteiger partial charge in [-0.25, -0.2) is 8.42 Å². The van der Waals surface area contributed by atoms with Crippen molar-refractivity contribution in [2.75, 3.05) is 17.6 Å². The van der Waals surface area contributed by atoms with Crippen molar-refractivity contribution < 1.29 is 18.0 Å².